The standard InChI is InChI=1S/C18H23FN4O3S/c1-13-17(14(2)21(3)20-13)12-18(24)22-7-9-23(10-8-22)27(25,26)16-6-4-5-15(19)11-16/h4-6,11H,7-10,12H2,1-3H3. The van der Waals surface area contributed by atoms with Gasteiger partial charge in [0, 0.05) is 44.5 Å². The first-order chi connectivity index (χ1) is 12.7. The van der Waals surface area contributed by atoms with Gasteiger partial charge in [-0.2, -0.15) is 9.40 Å². The zero-order valence-corrected chi connectivity index (χ0v) is 16.5. The fraction of sp³-hybridized carbons (Fsp3) is 0.444. The molecule has 27 heavy (non-hydrogen) atoms. The third-order valence-corrected chi connectivity index (χ3v) is 6.91. The van der Waals surface area contributed by atoms with Crippen LogP contribution >= 0.6 is 0 Å². The molecule has 7 nitrogen and oxygen atoms in total. The molecule has 0 saturated carbocycles. The lowest BCUT2D eigenvalue weighted by Gasteiger charge is -2.34. The maximum atomic E-state index is 13.4. The van der Waals surface area contributed by atoms with Gasteiger partial charge in [-0.1, -0.05) is 6.07 Å². The Morgan fingerprint density at radius 1 is 1.19 bits per heavy atom. The molecule has 1 aromatic heterocycles. The minimum absolute atomic E-state index is 0.0444. The van der Waals surface area contributed by atoms with Crippen LogP contribution in [0.25, 0.3) is 0 Å². The zero-order chi connectivity index (χ0) is 19.8. The van der Waals surface area contributed by atoms with Crippen molar-refractivity contribution in [3.05, 3.63) is 47.0 Å². The smallest absolute Gasteiger partial charge is 0.243 e. The van der Waals surface area contributed by atoms with Crippen LogP contribution in [0.2, 0.25) is 0 Å². The van der Waals surface area contributed by atoms with Gasteiger partial charge in [0.15, 0.2) is 0 Å². The molecule has 0 N–H and O–H groups in total. The number of rotatable bonds is 4. The number of carbonyl (C=O) groups is 1. The molecule has 9 heteroatoms. The Bertz CT molecular complexity index is 963. The largest absolute Gasteiger partial charge is 0.340 e. The first-order valence-electron chi connectivity index (χ1n) is 8.72. The van der Waals surface area contributed by atoms with E-state index in [4.69, 9.17) is 0 Å². The first kappa shape index (κ1) is 19.5. The van der Waals surface area contributed by atoms with Gasteiger partial charge < -0.3 is 4.90 Å². The van der Waals surface area contributed by atoms with Gasteiger partial charge in [0.1, 0.15) is 5.82 Å². The van der Waals surface area contributed by atoms with E-state index in [1.807, 2.05) is 20.9 Å². The van der Waals surface area contributed by atoms with E-state index in [1.54, 1.807) is 9.58 Å². The predicted molar refractivity (Wildman–Crippen MR) is 98.1 cm³/mol. The van der Waals surface area contributed by atoms with Crippen LogP contribution in [-0.2, 0) is 28.3 Å². The van der Waals surface area contributed by atoms with Crippen LogP contribution < -0.4 is 0 Å². The lowest BCUT2D eigenvalue weighted by atomic mass is 10.1. The molecular formula is C18H23FN4O3S. The van der Waals surface area contributed by atoms with Gasteiger partial charge in [0.25, 0.3) is 0 Å². The zero-order valence-electron chi connectivity index (χ0n) is 15.6. The Balaban J connectivity index is 1.65. The number of piperazine rings is 1. The van der Waals surface area contributed by atoms with Crippen LogP contribution in [0.15, 0.2) is 29.2 Å². The summed E-state index contributed by atoms with van der Waals surface area (Å²) >= 11 is 0. The number of benzene rings is 1. The van der Waals surface area contributed by atoms with Crippen molar-refractivity contribution in [2.75, 3.05) is 26.2 Å². The summed E-state index contributed by atoms with van der Waals surface area (Å²) in [5, 5.41) is 4.32. The summed E-state index contributed by atoms with van der Waals surface area (Å²) in [7, 11) is -1.92. The fourth-order valence-corrected chi connectivity index (χ4v) is 4.74. The fourth-order valence-electron chi connectivity index (χ4n) is 3.29. The lowest BCUT2D eigenvalue weighted by molar-refractivity contribution is -0.131. The molecular weight excluding hydrogens is 371 g/mol. The molecule has 2 aromatic rings. The molecule has 3 rings (SSSR count). The lowest BCUT2D eigenvalue weighted by Crippen LogP contribution is -2.50. The number of hydrogen-bond donors (Lipinski definition) is 0. The van der Waals surface area contributed by atoms with Gasteiger partial charge in [0.05, 0.1) is 17.0 Å². The summed E-state index contributed by atoms with van der Waals surface area (Å²) in [6.45, 7) is 4.80. The molecule has 1 amide bonds. The third kappa shape index (κ3) is 3.89. The minimum Gasteiger partial charge on any atom is -0.340 e. The Kier molecular flexibility index (Phi) is 5.34. The highest BCUT2D eigenvalue weighted by Crippen LogP contribution is 2.19. The van der Waals surface area contributed by atoms with Crippen molar-refractivity contribution in [1.82, 2.24) is 19.0 Å². The van der Waals surface area contributed by atoms with Crippen molar-refractivity contribution in [1.29, 1.82) is 0 Å². The SMILES string of the molecule is Cc1nn(C)c(C)c1CC(=O)N1CCN(S(=O)(=O)c2cccc(F)c2)CC1. The van der Waals surface area contributed by atoms with Crippen molar-refractivity contribution < 1.29 is 17.6 Å². The van der Waals surface area contributed by atoms with E-state index < -0.39 is 15.8 Å². The number of hydrogen-bond acceptors (Lipinski definition) is 4. The number of carbonyl (C=O) groups excluding carboxylic acids is 1. The summed E-state index contributed by atoms with van der Waals surface area (Å²) in [6.07, 6.45) is 0.252. The van der Waals surface area contributed by atoms with E-state index in [0.29, 0.717) is 13.1 Å². The van der Waals surface area contributed by atoms with Crippen LogP contribution in [0.4, 0.5) is 4.39 Å². The third-order valence-electron chi connectivity index (χ3n) is 5.01. The predicted octanol–water partition coefficient (Wildman–Crippen LogP) is 1.25. The first-order valence-corrected chi connectivity index (χ1v) is 10.2. The highest BCUT2D eigenvalue weighted by molar-refractivity contribution is 7.89. The number of aryl methyl sites for hydroxylation is 2. The quantitative estimate of drug-likeness (QED) is 0.782. The molecule has 2 heterocycles. The van der Waals surface area contributed by atoms with Crippen LogP contribution in [0.5, 0.6) is 0 Å². The summed E-state index contributed by atoms with van der Waals surface area (Å²) < 4.78 is 41.7. The molecule has 1 aliphatic rings. The average molecular weight is 394 g/mol. The number of aromatic nitrogens is 2. The second kappa shape index (κ2) is 7.40. The van der Waals surface area contributed by atoms with Gasteiger partial charge in [-0.05, 0) is 32.0 Å². The summed E-state index contributed by atoms with van der Waals surface area (Å²) in [5.41, 5.74) is 2.70. The van der Waals surface area contributed by atoms with E-state index >= 15 is 0 Å². The molecule has 0 bridgehead atoms. The number of sulfonamides is 1. The van der Waals surface area contributed by atoms with Gasteiger partial charge in [0.2, 0.25) is 15.9 Å². The van der Waals surface area contributed by atoms with Crippen LogP contribution in [0.3, 0.4) is 0 Å². The van der Waals surface area contributed by atoms with Crippen LogP contribution in [0.1, 0.15) is 17.0 Å². The molecule has 0 radical (unpaired) electrons. The van der Waals surface area contributed by atoms with Gasteiger partial charge in [-0.3, -0.25) is 9.48 Å². The Morgan fingerprint density at radius 3 is 2.41 bits per heavy atom. The van der Waals surface area contributed by atoms with Crippen molar-refractivity contribution in [3.63, 3.8) is 0 Å². The summed E-state index contributed by atoms with van der Waals surface area (Å²) in [5.74, 6) is -0.635. The summed E-state index contributed by atoms with van der Waals surface area (Å²) in [4.78, 5) is 14.2. The van der Waals surface area contributed by atoms with Gasteiger partial charge >= 0.3 is 0 Å². The van der Waals surface area contributed by atoms with Crippen molar-refractivity contribution in [2.45, 2.75) is 25.2 Å². The van der Waals surface area contributed by atoms with E-state index in [1.165, 1.54) is 22.5 Å². The van der Waals surface area contributed by atoms with Gasteiger partial charge in [-0.15, -0.1) is 0 Å². The molecule has 0 unspecified atom stereocenters. The molecule has 0 aliphatic carbocycles. The van der Waals surface area contributed by atoms with Crippen LogP contribution in [0, 0.1) is 19.7 Å². The average Bonchev–Trinajstić information content (AvgIpc) is 2.88. The Morgan fingerprint density at radius 2 is 1.85 bits per heavy atom. The van der Waals surface area contributed by atoms with E-state index in [9.17, 15) is 17.6 Å². The summed E-state index contributed by atoms with van der Waals surface area (Å²) in [6, 6.07) is 4.98. The van der Waals surface area contributed by atoms with Crippen LogP contribution in [-0.4, -0.2) is 59.5 Å². The minimum atomic E-state index is -3.76. The topological polar surface area (TPSA) is 75.5 Å². The number of halogens is 1. The van der Waals surface area contributed by atoms with E-state index in [2.05, 4.69) is 5.10 Å². The van der Waals surface area contributed by atoms with Crippen molar-refractivity contribution in [3.8, 4) is 0 Å². The molecule has 1 fully saturated rings. The Hall–Kier alpha value is -2.26. The monoisotopic (exact) mass is 394 g/mol. The number of nitrogens with zero attached hydrogens (tertiary/aromatic N) is 4. The van der Waals surface area contributed by atoms with Crippen molar-refractivity contribution in [2.24, 2.45) is 7.05 Å². The van der Waals surface area contributed by atoms with Gasteiger partial charge in [-0.25, -0.2) is 12.8 Å². The Labute approximate surface area is 158 Å². The van der Waals surface area contributed by atoms with E-state index in [-0.39, 0.29) is 30.3 Å². The number of amides is 1. The maximum Gasteiger partial charge on any atom is 0.243 e. The highest BCUT2D eigenvalue weighted by atomic mass is 32.2. The van der Waals surface area contributed by atoms with E-state index in [0.717, 1.165) is 23.0 Å². The molecule has 0 spiro atoms. The maximum absolute atomic E-state index is 13.4. The second-order valence-electron chi connectivity index (χ2n) is 6.69. The molecule has 1 aliphatic heterocycles. The molecule has 0 atom stereocenters. The molecule has 1 aromatic carbocycles. The highest BCUT2D eigenvalue weighted by Gasteiger charge is 2.30. The normalized spacial score (nSPS) is 15.9. The second-order valence-corrected chi connectivity index (χ2v) is 8.63. The molecule has 1 saturated heterocycles. The molecule has 146 valence electrons. The van der Waals surface area contributed by atoms with Crippen molar-refractivity contribution >= 4 is 15.9 Å².